The maximum Gasteiger partial charge on any atom is 0.152 e. The minimum atomic E-state index is -0.0579. The second-order valence-corrected chi connectivity index (χ2v) is 3.96. The molecule has 2 heteroatoms. The van der Waals surface area contributed by atoms with Crippen molar-refractivity contribution in [2.75, 3.05) is 0 Å². The van der Waals surface area contributed by atoms with E-state index in [-0.39, 0.29) is 17.7 Å². The van der Waals surface area contributed by atoms with Crippen molar-refractivity contribution < 1.29 is 4.79 Å². The van der Waals surface area contributed by atoms with Gasteiger partial charge in [-0.25, -0.2) is 0 Å². The molecule has 76 valence electrons. The van der Waals surface area contributed by atoms with Gasteiger partial charge in [0.25, 0.3) is 0 Å². The molecule has 0 amide bonds. The Labute approximate surface area is 81.4 Å². The molecule has 0 aromatic heterocycles. The first-order chi connectivity index (χ1) is 5.99. The molecule has 2 nitrogen and oxygen atoms in total. The molecule has 0 radical (unpaired) electrons. The molecule has 1 atom stereocenters. The molecule has 0 aliphatic rings. The number of Topliss-reactive ketones (excluding diaryl/α,β-unsaturated/α-hetero) is 1. The van der Waals surface area contributed by atoms with Crippen molar-refractivity contribution in [3.8, 4) is 0 Å². The molecular weight excluding hydrogens is 162 g/mol. The van der Waals surface area contributed by atoms with E-state index in [0.29, 0.717) is 6.04 Å². The van der Waals surface area contributed by atoms with Gasteiger partial charge in [-0.2, -0.15) is 0 Å². The summed E-state index contributed by atoms with van der Waals surface area (Å²) in [5, 5.41) is 3.24. The molecule has 0 saturated carbocycles. The summed E-state index contributed by atoms with van der Waals surface area (Å²) < 4.78 is 0. The summed E-state index contributed by atoms with van der Waals surface area (Å²) in [5.74, 6) is 0.366. The van der Waals surface area contributed by atoms with E-state index in [9.17, 15) is 4.79 Å². The van der Waals surface area contributed by atoms with Gasteiger partial charge in [-0.3, -0.25) is 4.79 Å². The van der Waals surface area contributed by atoms with Crippen LogP contribution in [0.3, 0.4) is 0 Å². The predicted octanol–water partition coefficient (Wildman–Crippen LogP) is 2.15. The summed E-state index contributed by atoms with van der Waals surface area (Å²) >= 11 is 0. The lowest BCUT2D eigenvalue weighted by molar-refractivity contribution is -0.124. The highest BCUT2D eigenvalue weighted by atomic mass is 16.1. The number of hydrogen-bond donors (Lipinski definition) is 1. The Morgan fingerprint density at radius 1 is 1.38 bits per heavy atom. The minimum Gasteiger partial charge on any atom is -0.305 e. The zero-order valence-electron chi connectivity index (χ0n) is 9.13. The summed E-state index contributed by atoms with van der Waals surface area (Å²) in [5.41, 5.74) is 0. The van der Waals surface area contributed by atoms with Crippen LogP contribution in [0, 0.1) is 5.92 Å². The molecule has 0 spiro atoms. The van der Waals surface area contributed by atoms with Gasteiger partial charge in [0.1, 0.15) is 0 Å². The summed E-state index contributed by atoms with van der Waals surface area (Å²) in [6.07, 6.45) is 2.51. The van der Waals surface area contributed by atoms with Crippen molar-refractivity contribution in [1.82, 2.24) is 5.32 Å². The summed E-state index contributed by atoms with van der Waals surface area (Å²) in [4.78, 5) is 11.7. The number of hydrogen-bond acceptors (Lipinski definition) is 2. The van der Waals surface area contributed by atoms with Crippen molar-refractivity contribution in [3.05, 3.63) is 12.7 Å². The largest absolute Gasteiger partial charge is 0.305 e. The number of carbonyl (C=O) groups excluding carboxylic acids is 1. The van der Waals surface area contributed by atoms with Crippen LogP contribution in [0.25, 0.3) is 0 Å². The SMILES string of the molecule is C=CC[C@H](NC(C)C)C(=O)C(C)C. The van der Waals surface area contributed by atoms with E-state index in [1.54, 1.807) is 6.08 Å². The van der Waals surface area contributed by atoms with Gasteiger partial charge in [-0.15, -0.1) is 6.58 Å². The first kappa shape index (κ1) is 12.4. The lowest BCUT2D eigenvalue weighted by Crippen LogP contribution is -2.42. The number of ketones is 1. The fraction of sp³-hybridized carbons (Fsp3) is 0.727. The van der Waals surface area contributed by atoms with E-state index >= 15 is 0 Å². The van der Waals surface area contributed by atoms with Crippen LogP contribution in [0.4, 0.5) is 0 Å². The van der Waals surface area contributed by atoms with E-state index in [1.165, 1.54) is 0 Å². The Morgan fingerprint density at radius 3 is 2.23 bits per heavy atom. The van der Waals surface area contributed by atoms with Gasteiger partial charge in [0.05, 0.1) is 6.04 Å². The van der Waals surface area contributed by atoms with Gasteiger partial charge in [-0.1, -0.05) is 33.8 Å². The Morgan fingerprint density at radius 2 is 1.92 bits per heavy atom. The van der Waals surface area contributed by atoms with Gasteiger partial charge in [0, 0.05) is 12.0 Å². The van der Waals surface area contributed by atoms with E-state index < -0.39 is 0 Å². The molecule has 0 aliphatic heterocycles. The van der Waals surface area contributed by atoms with Crippen LogP contribution in [0.2, 0.25) is 0 Å². The van der Waals surface area contributed by atoms with Gasteiger partial charge in [-0.05, 0) is 6.42 Å². The third-order valence-electron chi connectivity index (χ3n) is 1.85. The first-order valence-corrected chi connectivity index (χ1v) is 4.89. The molecule has 0 aromatic carbocycles. The molecule has 0 aliphatic carbocycles. The second kappa shape index (κ2) is 5.92. The van der Waals surface area contributed by atoms with Gasteiger partial charge in [0.15, 0.2) is 5.78 Å². The van der Waals surface area contributed by atoms with Gasteiger partial charge < -0.3 is 5.32 Å². The Balaban J connectivity index is 4.23. The van der Waals surface area contributed by atoms with E-state index in [2.05, 4.69) is 11.9 Å². The maximum absolute atomic E-state index is 11.7. The molecule has 1 N–H and O–H groups in total. The molecule has 0 heterocycles. The zero-order chi connectivity index (χ0) is 10.4. The molecule has 0 saturated heterocycles. The highest BCUT2D eigenvalue weighted by Crippen LogP contribution is 2.05. The van der Waals surface area contributed by atoms with Crippen LogP contribution in [-0.4, -0.2) is 17.9 Å². The van der Waals surface area contributed by atoms with E-state index in [4.69, 9.17) is 0 Å². The van der Waals surface area contributed by atoms with Crippen LogP contribution in [0.1, 0.15) is 34.1 Å². The van der Waals surface area contributed by atoms with E-state index in [0.717, 1.165) is 6.42 Å². The Kier molecular flexibility index (Phi) is 5.63. The Hall–Kier alpha value is -0.630. The summed E-state index contributed by atoms with van der Waals surface area (Å²) in [7, 11) is 0. The molecule has 0 unspecified atom stereocenters. The molecule has 0 bridgehead atoms. The zero-order valence-corrected chi connectivity index (χ0v) is 9.13. The lowest BCUT2D eigenvalue weighted by Gasteiger charge is -2.20. The maximum atomic E-state index is 11.7. The number of rotatable bonds is 6. The number of carbonyl (C=O) groups is 1. The quantitative estimate of drug-likeness (QED) is 0.639. The average molecular weight is 183 g/mol. The third-order valence-corrected chi connectivity index (χ3v) is 1.85. The van der Waals surface area contributed by atoms with Crippen molar-refractivity contribution in [1.29, 1.82) is 0 Å². The predicted molar refractivity (Wildman–Crippen MR) is 56.7 cm³/mol. The fourth-order valence-corrected chi connectivity index (χ4v) is 1.24. The second-order valence-electron chi connectivity index (χ2n) is 3.96. The summed E-state index contributed by atoms with van der Waals surface area (Å²) in [6.45, 7) is 11.6. The third kappa shape index (κ3) is 4.83. The summed E-state index contributed by atoms with van der Waals surface area (Å²) in [6, 6.07) is 0.283. The fourth-order valence-electron chi connectivity index (χ4n) is 1.24. The monoisotopic (exact) mass is 183 g/mol. The van der Waals surface area contributed by atoms with Crippen molar-refractivity contribution in [2.24, 2.45) is 5.92 Å². The standard InChI is InChI=1S/C11H21NO/c1-6-7-10(12-9(4)5)11(13)8(2)3/h6,8-10,12H,1,7H2,2-5H3/t10-/m0/s1. The lowest BCUT2D eigenvalue weighted by atomic mass is 9.99. The molecule has 0 rings (SSSR count). The van der Waals surface area contributed by atoms with Crippen LogP contribution < -0.4 is 5.32 Å². The van der Waals surface area contributed by atoms with Crippen molar-refractivity contribution >= 4 is 5.78 Å². The van der Waals surface area contributed by atoms with Crippen LogP contribution in [0.15, 0.2) is 12.7 Å². The average Bonchev–Trinajstić information content (AvgIpc) is 2.01. The normalized spacial score (nSPS) is 13.4. The van der Waals surface area contributed by atoms with E-state index in [1.807, 2.05) is 27.7 Å². The number of nitrogens with one attached hydrogen (secondary N) is 1. The van der Waals surface area contributed by atoms with Gasteiger partial charge in [0.2, 0.25) is 0 Å². The van der Waals surface area contributed by atoms with Crippen LogP contribution >= 0.6 is 0 Å². The topological polar surface area (TPSA) is 29.1 Å². The Bertz CT molecular complexity index is 173. The first-order valence-electron chi connectivity index (χ1n) is 4.89. The van der Waals surface area contributed by atoms with Gasteiger partial charge >= 0.3 is 0 Å². The van der Waals surface area contributed by atoms with Crippen LogP contribution in [-0.2, 0) is 4.79 Å². The van der Waals surface area contributed by atoms with Crippen LogP contribution in [0.5, 0.6) is 0 Å². The smallest absolute Gasteiger partial charge is 0.152 e. The molecular formula is C11H21NO. The highest BCUT2D eigenvalue weighted by molar-refractivity contribution is 5.85. The van der Waals surface area contributed by atoms with Crippen molar-refractivity contribution in [3.63, 3.8) is 0 Å². The molecule has 0 fully saturated rings. The molecule has 0 aromatic rings. The molecule has 13 heavy (non-hydrogen) atoms. The minimum absolute atomic E-state index is 0.0579. The van der Waals surface area contributed by atoms with Crippen molar-refractivity contribution in [2.45, 2.75) is 46.2 Å². The highest BCUT2D eigenvalue weighted by Gasteiger charge is 2.19.